The van der Waals surface area contributed by atoms with Gasteiger partial charge in [0.1, 0.15) is 37.6 Å². The first-order valence-corrected chi connectivity index (χ1v) is 15.4. The minimum Gasteiger partial charge on any atom is -0.459 e. The van der Waals surface area contributed by atoms with E-state index in [1.54, 1.807) is 13.0 Å². The summed E-state index contributed by atoms with van der Waals surface area (Å²) in [6.07, 6.45) is 0. The van der Waals surface area contributed by atoms with Crippen LogP contribution in [0.2, 0.25) is 0 Å². The maximum Gasteiger partial charge on any atom is 0.338 e. The summed E-state index contributed by atoms with van der Waals surface area (Å²) in [6, 6.07) is 30.5. The summed E-state index contributed by atoms with van der Waals surface area (Å²) in [4.78, 5) is 25.3. The number of carbonyl (C=O) groups is 2. The Kier molecular flexibility index (Phi) is 9.33. The van der Waals surface area contributed by atoms with Gasteiger partial charge in [-0.25, -0.2) is 14.2 Å². The first-order valence-electron chi connectivity index (χ1n) is 15.4. The summed E-state index contributed by atoms with van der Waals surface area (Å²) >= 11 is 0. The van der Waals surface area contributed by atoms with Crippen molar-refractivity contribution in [3.05, 3.63) is 125 Å². The molecule has 6 heteroatoms. The SMILES string of the molecule is C=C(C)C(=O)OCCOC(=O)c1ccccc1-c1c2ccc(=[N+](CC)CC)cc-2oc2ccc(C(C)(C)c3ccccc3)cc12. The molecule has 1 heterocycles. The van der Waals surface area contributed by atoms with Crippen LogP contribution >= 0.6 is 0 Å². The molecule has 45 heavy (non-hydrogen) atoms. The van der Waals surface area contributed by atoms with E-state index in [-0.39, 0.29) is 18.6 Å². The Morgan fingerprint density at radius 2 is 1.49 bits per heavy atom. The summed E-state index contributed by atoms with van der Waals surface area (Å²) in [6.45, 7) is 15.5. The van der Waals surface area contributed by atoms with E-state index in [2.05, 4.69) is 93.4 Å². The number of fused-ring (bicyclic) bond motifs is 2. The third-order valence-electron chi connectivity index (χ3n) is 8.36. The van der Waals surface area contributed by atoms with E-state index < -0.39 is 11.9 Å². The predicted molar refractivity (Wildman–Crippen MR) is 179 cm³/mol. The van der Waals surface area contributed by atoms with Crippen LogP contribution in [0.3, 0.4) is 0 Å². The molecular formula is C39H40NO5+. The zero-order chi connectivity index (χ0) is 32.1. The van der Waals surface area contributed by atoms with Gasteiger partial charge in [0, 0.05) is 33.6 Å². The average molecular weight is 603 g/mol. The molecular weight excluding hydrogens is 562 g/mol. The molecule has 5 rings (SSSR count). The van der Waals surface area contributed by atoms with Crippen molar-refractivity contribution in [2.45, 2.75) is 40.0 Å². The average Bonchev–Trinajstić information content (AvgIpc) is 3.06. The fourth-order valence-corrected chi connectivity index (χ4v) is 5.71. The first-order chi connectivity index (χ1) is 21.6. The van der Waals surface area contributed by atoms with E-state index in [4.69, 9.17) is 13.9 Å². The molecule has 2 aliphatic rings. The van der Waals surface area contributed by atoms with E-state index in [9.17, 15) is 9.59 Å². The summed E-state index contributed by atoms with van der Waals surface area (Å²) in [5, 5.41) is 1.97. The highest BCUT2D eigenvalue weighted by molar-refractivity contribution is 6.08. The molecule has 0 aromatic heterocycles. The lowest BCUT2D eigenvalue weighted by atomic mass is 9.77. The van der Waals surface area contributed by atoms with E-state index in [1.807, 2.05) is 30.3 Å². The number of benzene rings is 4. The van der Waals surface area contributed by atoms with Gasteiger partial charge in [-0.05, 0) is 61.7 Å². The van der Waals surface area contributed by atoms with Crippen LogP contribution in [0, 0.1) is 0 Å². The number of ether oxygens (including phenoxy) is 2. The molecule has 0 radical (unpaired) electrons. The van der Waals surface area contributed by atoms with Crippen LogP contribution in [0.15, 0.2) is 108 Å². The van der Waals surface area contributed by atoms with Gasteiger partial charge in [0.15, 0.2) is 0 Å². The Balaban J connectivity index is 1.70. The maximum absolute atomic E-state index is 13.5. The van der Waals surface area contributed by atoms with Crippen LogP contribution in [-0.4, -0.2) is 38.2 Å². The smallest absolute Gasteiger partial charge is 0.338 e. The minimum atomic E-state index is -0.518. The van der Waals surface area contributed by atoms with Crippen LogP contribution in [0.4, 0.5) is 0 Å². The molecule has 1 aliphatic carbocycles. The molecule has 1 aliphatic heterocycles. The second-order valence-corrected chi connectivity index (χ2v) is 11.6. The van der Waals surface area contributed by atoms with Crippen LogP contribution in [0.1, 0.15) is 56.1 Å². The van der Waals surface area contributed by atoms with Crippen molar-refractivity contribution in [2.24, 2.45) is 0 Å². The largest absolute Gasteiger partial charge is 0.459 e. The third kappa shape index (κ3) is 6.46. The molecule has 3 aromatic rings. The Morgan fingerprint density at radius 1 is 0.800 bits per heavy atom. The molecule has 0 spiro atoms. The number of nitrogens with zero attached hydrogens (tertiary/aromatic N) is 1. The van der Waals surface area contributed by atoms with E-state index in [0.29, 0.717) is 11.1 Å². The van der Waals surface area contributed by atoms with Crippen molar-refractivity contribution in [3.63, 3.8) is 0 Å². The monoisotopic (exact) mass is 602 g/mol. The minimum absolute atomic E-state index is 0.0538. The number of esters is 2. The Bertz CT molecular complexity index is 1910. The quantitative estimate of drug-likeness (QED) is 0.0541. The zero-order valence-electron chi connectivity index (χ0n) is 26.7. The molecule has 0 saturated heterocycles. The maximum atomic E-state index is 13.5. The lowest BCUT2D eigenvalue weighted by Gasteiger charge is -2.27. The number of hydrogen-bond donors (Lipinski definition) is 0. The zero-order valence-corrected chi connectivity index (χ0v) is 26.7. The molecule has 0 amide bonds. The summed E-state index contributed by atoms with van der Waals surface area (Å²) in [5.41, 5.74) is 5.98. The van der Waals surface area contributed by atoms with Gasteiger partial charge in [-0.3, -0.25) is 0 Å². The summed E-state index contributed by atoms with van der Waals surface area (Å²) in [5.74, 6) is -0.290. The van der Waals surface area contributed by atoms with Gasteiger partial charge in [0.2, 0.25) is 5.36 Å². The molecule has 0 unspecified atom stereocenters. The third-order valence-corrected chi connectivity index (χ3v) is 8.36. The summed E-state index contributed by atoms with van der Waals surface area (Å²) in [7, 11) is 0. The lowest BCUT2D eigenvalue weighted by Crippen LogP contribution is -2.29. The van der Waals surface area contributed by atoms with Gasteiger partial charge in [-0.15, -0.1) is 0 Å². The van der Waals surface area contributed by atoms with Gasteiger partial charge >= 0.3 is 11.9 Å². The molecule has 6 nitrogen and oxygen atoms in total. The van der Waals surface area contributed by atoms with Gasteiger partial charge in [0.05, 0.1) is 11.6 Å². The normalized spacial score (nSPS) is 11.4. The Hall–Kier alpha value is -4.97. The highest BCUT2D eigenvalue weighted by atomic mass is 16.6. The van der Waals surface area contributed by atoms with Gasteiger partial charge in [-0.1, -0.05) is 75.0 Å². The van der Waals surface area contributed by atoms with Gasteiger partial charge in [0.25, 0.3) is 0 Å². The standard InChI is InChI=1S/C39H40NO5/c1-7-40(8-2)29-19-20-32-35(25-29)45-34-21-18-28(39(5,6)27-14-10-9-11-15-27)24-33(34)36(32)30-16-12-13-17-31(30)38(42)44-23-22-43-37(41)26(3)4/h9-21,24-25H,3,7-8,22-23H2,1-2,4-6H3/q+1. The molecule has 0 saturated carbocycles. The number of rotatable bonds is 10. The molecule has 230 valence electrons. The van der Waals surface area contributed by atoms with Gasteiger partial charge < -0.3 is 13.9 Å². The van der Waals surface area contributed by atoms with Gasteiger partial charge in [-0.2, -0.15) is 0 Å². The van der Waals surface area contributed by atoms with Crippen molar-refractivity contribution < 1.29 is 23.5 Å². The second kappa shape index (κ2) is 13.3. The Morgan fingerprint density at radius 3 is 2.20 bits per heavy atom. The summed E-state index contributed by atoms with van der Waals surface area (Å²) < 4.78 is 19.6. The number of hydrogen-bond acceptors (Lipinski definition) is 5. The number of carbonyl (C=O) groups excluding carboxylic acids is 2. The van der Waals surface area contributed by atoms with Crippen molar-refractivity contribution in [3.8, 4) is 22.5 Å². The predicted octanol–water partition coefficient (Wildman–Crippen LogP) is 7.62. The fourth-order valence-electron chi connectivity index (χ4n) is 5.71. The molecule has 0 fully saturated rings. The molecule has 0 atom stereocenters. The lowest BCUT2D eigenvalue weighted by molar-refractivity contribution is -0.140. The van der Waals surface area contributed by atoms with E-state index >= 15 is 0 Å². The van der Waals surface area contributed by atoms with E-state index in [0.717, 1.165) is 57.4 Å². The molecule has 3 aromatic carbocycles. The van der Waals surface area contributed by atoms with Crippen LogP contribution in [0.25, 0.3) is 33.4 Å². The van der Waals surface area contributed by atoms with Crippen molar-refractivity contribution in [1.29, 1.82) is 0 Å². The van der Waals surface area contributed by atoms with Crippen LogP contribution in [-0.2, 0) is 19.7 Å². The fraction of sp³-hybridized carbons (Fsp3) is 0.256. The first kappa shape index (κ1) is 31.5. The topological polar surface area (TPSA) is 68.8 Å². The second-order valence-electron chi connectivity index (χ2n) is 11.6. The highest BCUT2D eigenvalue weighted by Crippen LogP contribution is 2.43. The van der Waals surface area contributed by atoms with Crippen molar-refractivity contribution >= 4 is 22.9 Å². The highest BCUT2D eigenvalue weighted by Gasteiger charge is 2.27. The van der Waals surface area contributed by atoms with Crippen molar-refractivity contribution in [2.75, 3.05) is 26.3 Å². The molecule has 0 N–H and O–H groups in total. The van der Waals surface area contributed by atoms with Crippen LogP contribution < -0.4 is 9.93 Å². The van der Waals surface area contributed by atoms with Crippen LogP contribution in [0.5, 0.6) is 0 Å². The van der Waals surface area contributed by atoms with E-state index in [1.165, 1.54) is 5.56 Å². The Labute approximate surface area is 264 Å². The molecule has 0 bridgehead atoms. The van der Waals surface area contributed by atoms with Crippen molar-refractivity contribution in [1.82, 2.24) is 4.58 Å².